The fraction of sp³-hybridized carbons (Fsp3) is 0. The van der Waals surface area contributed by atoms with Crippen molar-refractivity contribution >= 4 is 39.9 Å². The molecule has 15 heavy (non-hydrogen) atoms. The van der Waals surface area contributed by atoms with Crippen LogP contribution in [-0.4, -0.2) is 14.9 Å². The molecule has 0 aliphatic carbocycles. The Morgan fingerprint density at radius 3 is 2.60 bits per heavy atom. The van der Waals surface area contributed by atoms with E-state index >= 15 is 0 Å². The van der Waals surface area contributed by atoms with Crippen molar-refractivity contribution in [2.75, 3.05) is 0 Å². The van der Waals surface area contributed by atoms with E-state index in [1.54, 1.807) is 0 Å². The Morgan fingerprint density at radius 2 is 1.93 bits per heavy atom. The third kappa shape index (κ3) is 1.60. The van der Waals surface area contributed by atoms with E-state index in [-0.39, 0.29) is 21.2 Å². The Balaban J connectivity index is 2.95. The molecule has 0 radical (unpaired) electrons. The number of hydrogen-bond donors (Lipinski definition) is 0. The lowest BCUT2D eigenvalue weighted by atomic mass is 10.2. The number of benzene rings is 1. The molecule has 0 saturated carbocycles. The molecular formula is C8H3Cl2N3O2. The molecule has 0 unspecified atom stereocenters. The Morgan fingerprint density at radius 1 is 1.27 bits per heavy atom. The minimum Gasteiger partial charge on any atom is -0.258 e. The van der Waals surface area contributed by atoms with Crippen LogP contribution in [0.1, 0.15) is 0 Å². The molecule has 0 bridgehead atoms. The van der Waals surface area contributed by atoms with Gasteiger partial charge in [0.15, 0.2) is 5.52 Å². The van der Waals surface area contributed by atoms with Gasteiger partial charge in [-0.25, -0.2) is 4.98 Å². The molecule has 1 aromatic heterocycles. The molecule has 2 aromatic rings. The number of halogens is 2. The van der Waals surface area contributed by atoms with Gasteiger partial charge < -0.3 is 0 Å². The molecule has 1 aromatic carbocycles. The first-order valence-electron chi connectivity index (χ1n) is 3.84. The molecule has 76 valence electrons. The zero-order chi connectivity index (χ0) is 11.0. The van der Waals surface area contributed by atoms with Gasteiger partial charge in [0.1, 0.15) is 5.02 Å². The van der Waals surface area contributed by atoms with Crippen LogP contribution < -0.4 is 0 Å². The second-order valence-electron chi connectivity index (χ2n) is 2.70. The van der Waals surface area contributed by atoms with Gasteiger partial charge in [-0.3, -0.25) is 15.1 Å². The molecular weight excluding hydrogens is 241 g/mol. The monoisotopic (exact) mass is 243 g/mol. The van der Waals surface area contributed by atoms with Gasteiger partial charge in [0, 0.05) is 12.4 Å². The van der Waals surface area contributed by atoms with Crippen LogP contribution in [-0.2, 0) is 0 Å². The number of nitro benzene ring substituents is 1. The third-order valence-electron chi connectivity index (χ3n) is 1.81. The van der Waals surface area contributed by atoms with Crippen molar-refractivity contribution in [2.24, 2.45) is 0 Å². The molecule has 0 aliphatic rings. The van der Waals surface area contributed by atoms with Crippen LogP contribution in [0.4, 0.5) is 5.69 Å². The van der Waals surface area contributed by atoms with E-state index in [1.165, 1.54) is 18.5 Å². The molecule has 0 spiro atoms. The molecule has 0 atom stereocenters. The Hall–Kier alpha value is -1.46. The summed E-state index contributed by atoms with van der Waals surface area (Å²) < 4.78 is 0. The third-order valence-corrected chi connectivity index (χ3v) is 2.59. The number of hydrogen-bond acceptors (Lipinski definition) is 4. The van der Waals surface area contributed by atoms with Gasteiger partial charge >= 0.3 is 5.69 Å². The fourth-order valence-electron chi connectivity index (χ4n) is 1.20. The van der Waals surface area contributed by atoms with Gasteiger partial charge in [-0.2, -0.15) is 0 Å². The molecule has 0 N–H and O–H groups in total. The Bertz CT molecular complexity index is 559. The Labute approximate surface area is 93.8 Å². The second-order valence-corrected chi connectivity index (χ2v) is 3.49. The smallest absolute Gasteiger partial charge is 0.258 e. The number of fused-ring (bicyclic) bond motifs is 1. The maximum absolute atomic E-state index is 10.8. The van der Waals surface area contributed by atoms with Crippen LogP contribution >= 0.6 is 23.2 Å². The SMILES string of the molecule is O=[N+]([O-])c1c(Cl)c(Cl)cc2nccnc12. The number of aromatic nitrogens is 2. The highest BCUT2D eigenvalue weighted by atomic mass is 35.5. The van der Waals surface area contributed by atoms with Crippen LogP contribution in [0, 0.1) is 10.1 Å². The van der Waals surface area contributed by atoms with Crippen LogP contribution in [0.3, 0.4) is 0 Å². The summed E-state index contributed by atoms with van der Waals surface area (Å²) in [6, 6.07) is 1.44. The maximum atomic E-state index is 10.8. The van der Waals surface area contributed by atoms with E-state index in [1.807, 2.05) is 0 Å². The van der Waals surface area contributed by atoms with E-state index in [0.29, 0.717) is 5.52 Å². The summed E-state index contributed by atoms with van der Waals surface area (Å²) in [6.07, 6.45) is 2.79. The zero-order valence-corrected chi connectivity index (χ0v) is 8.66. The highest BCUT2D eigenvalue weighted by Gasteiger charge is 2.22. The lowest BCUT2D eigenvalue weighted by Crippen LogP contribution is -1.94. The summed E-state index contributed by atoms with van der Waals surface area (Å²) in [5.74, 6) is 0. The molecule has 0 aliphatic heterocycles. The second kappa shape index (κ2) is 3.60. The topological polar surface area (TPSA) is 68.9 Å². The summed E-state index contributed by atoms with van der Waals surface area (Å²) in [7, 11) is 0. The predicted molar refractivity (Wildman–Crippen MR) is 56.2 cm³/mol. The van der Waals surface area contributed by atoms with Crippen molar-refractivity contribution in [2.45, 2.75) is 0 Å². The molecule has 2 rings (SSSR count). The summed E-state index contributed by atoms with van der Waals surface area (Å²) >= 11 is 11.5. The standard InChI is InChI=1S/C8H3Cl2N3O2/c9-4-3-5-7(12-2-1-11-5)8(6(4)10)13(14)15/h1-3H. The van der Waals surface area contributed by atoms with Gasteiger partial charge in [-0.15, -0.1) is 0 Å². The van der Waals surface area contributed by atoms with Gasteiger partial charge in [0.2, 0.25) is 0 Å². The zero-order valence-electron chi connectivity index (χ0n) is 7.15. The Kier molecular flexibility index (Phi) is 2.42. The number of nitrogens with zero attached hydrogens (tertiary/aromatic N) is 3. The first kappa shape index (κ1) is 10.1. The first-order valence-corrected chi connectivity index (χ1v) is 4.60. The van der Waals surface area contributed by atoms with Crippen molar-refractivity contribution in [3.63, 3.8) is 0 Å². The van der Waals surface area contributed by atoms with Crippen molar-refractivity contribution in [1.82, 2.24) is 9.97 Å². The maximum Gasteiger partial charge on any atom is 0.317 e. The lowest BCUT2D eigenvalue weighted by Gasteiger charge is -2.01. The van der Waals surface area contributed by atoms with Crippen LogP contribution in [0.2, 0.25) is 10.0 Å². The predicted octanol–water partition coefficient (Wildman–Crippen LogP) is 2.84. The van der Waals surface area contributed by atoms with E-state index in [4.69, 9.17) is 23.2 Å². The lowest BCUT2D eigenvalue weighted by molar-refractivity contribution is -0.383. The van der Waals surface area contributed by atoms with Gasteiger partial charge in [-0.05, 0) is 6.07 Å². The average Bonchev–Trinajstić information content (AvgIpc) is 2.19. The number of nitro groups is 1. The van der Waals surface area contributed by atoms with Gasteiger partial charge in [-0.1, -0.05) is 23.2 Å². The largest absolute Gasteiger partial charge is 0.317 e. The van der Waals surface area contributed by atoms with Gasteiger partial charge in [0.25, 0.3) is 0 Å². The van der Waals surface area contributed by atoms with E-state index in [0.717, 1.165) is 0 Å². The van der Waals surface area contributed by atoms with E-state index in [9.17, 15) is 10.1 Å². The highest BCUT2D eigenvalue weighted by Crippen LogP contribution is 2.36. The average molecular weight is 244 g/mol. The summed E-state index contributed by atoms with van der Waals surface area (Å²) in [5, 5.41) is 10.8. The summed E-state index contributed by atoms with van der Waals surface area (Å²) in [6.45, 7) is 0. The molecule has 5 nitrogen and oxygen atoms in total. The van der Waals surface area contributed by atoms with E-state index < -0.39 is 4.92 Å². The first-order chi connectivity index (χ1) is 7.11. The molecule has 0 fully saturated rings. The minimum atomic E-state index is -0.620. The normalized spacial score (nSPS) is 10.5. The van der Waals surface area contributed by atoms with Gasteiger partial charge in [0.05, 0.1) is 15.5 Å². The van der Waals surface area contributed by atoms with Crippen molar-refractivity contribution in [3.8, 4) is 0 Å². The van der Waals surface area contributed by atoms with Crippen molar-refractivity contribution < 1.29 is 4.92 Å². The van der Waals surface area contributed by atoms with Crippen molar-refractivity contribution in [1.29, 1.82) is 0 Å². The minimum absolute atomic E-state index is 0.0939. The summed E-state index contributed by atoms with van der Waals surface area (Å²) in [4.78, 5) is 17.9. The fourth-order valence-corrected chi connectivity index (χ4v) is 1.61. The van der Waals surface area contributed by atoms with E-state index in [2.05, 4.69) is 9.97 Å². The molecule has 0 amide bonds. The van der Waals surface area contributed by atoms with Crippen LogP contribution in [0.5, 0.6) is 0 Å². The number of rotatable bonds is 1. The quantitative estimate of drug-likeness (QED) is 0.571. The summed E-state index contributed by atoms with van der Waals surface area (Å²) in [5.41, 5.74) is 0.169. The molecule has 7 heteroatoms. The highest BCUT2D eigenvalue weighted by molar-refractivity contribution is 6.44. The van der Waals surface area contributed by atoms with Crippen molar-refractivity contribution in [3.05, 3.63) is 38.6 Å². The molecule has 0 saturated heterocycles. The molecule has 1 heterocycles. The van der Waals surface area contributed by atoms with Crippen LogP contribution in [0.25, 0.3) is 11.0 Å². The van der Waals surface area contributed by atoms with Crippen LogP contribution in [0.15, 0.2) is 18.5 Å².